The monoisotopic (exact) mass is 413 g/mol. The van der Waals surface area contributed by atoms with Gasteiger partial charge in [0.2, 0.25) is 0 Å². The number of nitrogens with zero attached hydrogens (tertiary/aromatic N) is 1. The molecule has 0 heterocycles. The minimum atomic E-state index is -0.174. The van der Waals surface area contributed by atoms with E-state index in [1.165, 1.54) is 11.1 Å². The summed E-state index contributed by atoms with van der Waals surface area (Å²) in [6.45, 7) is 4.44. The summed E-state index contributed by atoms with van der Waals surface area (Å²) in [7, 11) is 0. The van der Waals surface area contributed by atoms with Crippen molar-refractivity contribution in [1.82, 2.24) is 0 Å². The fourth-order valence-electron chi connectivity index (χ4n) is 3.10. The van der Waals surface area contributed by atoms with Crippen molar-refractivity contribution in [3.63, 3.8) is 0 Å². The van der Waals surface area contributed by atoms with Crippen LogP contribution in [0.1, 0.15) is 37.0 Å². The van der Waals surface area contributed by atoms with Gasteiger partial charge in [-0.1, -0.05) is 62.4 Å². The van der Waals surface area contributed by atoms with E-state index < -0.39 is 0 Å². The summed E-state index contributed by atoms with van der Waals surface area (Å²) in [6.07, 6.45) is 1.61. The third-order valence-corrected chi connectivity index (χ3v) is 5.24. The highest BCUT2D eigenvalue weighted by atomic mass is 16.6. The molecule has 0 aliphatic carbocycles. The molecule has 1 unspecified atom stereocenters. The van der Waals surface area contributed by atoms with Crippen LogP contribution in [0, 0.1) is 17.2 Å². The van der Waals surface area contributed by atoms with Crippen LogP contribution in [0.15, 0.2) is 72.8 Å². The van der Waals surface area contributed by atoms with Crippen molar-refractivity contribution in [2.75, 3.05) is 13.2 Å². The second kappa shape index (κ2) is 11.0. The molecule has 4 nitrogen and oxygen atoms in total. The number of hydrogen-bond acceptors (Lipinski definition) is 4. The van der Waals surface area contributed by atoms with Crippen LogP contribution in [0.25, 0.3) is 11.1 Å². The van der Waals surface area contributed by atoms with E-state index in [0.717, 1.165) is 29.7 Å². The Labute approximate surface area is 184 Å². The molecule has 0 amide bonds. The normalized spacial score (nSPS) is 11.4. The highest BCUT2D eigenvalue weighted by molar-refractivity contribution is 5.71. The molecule has 3 aromatic rings. The van der Waals surface area contributed by atoms with Gasteiger partial charge in [-0.25, -0.2) is 0 Å². The minimum Gasteiger partial charge on any atom is -0.490 e. The molecule has 0 saturated heterocycles. The molecule has 158 valence electrons. The van der Waals surface area contributed by atoms with Crippen LogP contribution in [-0.2, 0) is 16.0 Å². The highest BCUT2D eigenvalue weighted by Crippen LogP contribution is 2.22. The van der Waals surface area contributed by atoms with Gasteiger partial charge >= 0.3 is 5.97 Å². The fourth-order valence-corrected chi connectivity index (χ4v) is 3.10. The summed E-state index contributed by atoms with van der Waals surface area (Å²) in [4.78, 5) is 11.6. The van der Waals surface area contributed by atoms with Gasteiger partial charge in [0.1, 0.15) is 19.0 Å². The van der Waals surface area contributed by atoms with E-state index in [2.05, 4.69) is 42.5 Å². The lowest BCUT2D eigenvalue weighted by Crippen LogP contribution is -2.17. The van der Waals surface area contributed by atoms with Crippen molar-refractivity contribution in [3.05, 3.63) is 89.5 Å². The third-order valence-electron chi connectivity index (χ3n) is 5.24. The summed E-state index contributed by atoms with van der Waals surface area (Å²) in [6, 6.07) is 26.2. The molecular formula is C27H27NO3. The van der Waals surface area contributed by atoms with Crippen LogP contribution in [0.4, 0.5) is 0 Å². The first kappa shape index (κ1) is 22.1. The smallest absolute Gasteiger partial charge is 0.308 e. The van der Waals surface area contributed by atoms with Crippen molar-refractivity contribution in [3.8, 4) is 22.9 Å². The maximum atomic E-state index is 11.6. The Hall–Kier alpha value is -3.58. The molecule has 0 fully saturated rings. The topological polar surface area (TPSA) is 59.3 Å². The van der Waals surface area contributed by atoms with Gasteiger partial charge in [-0.15, -0.1) is 0 Å². The number of hydrogen-bond donors (Lipinski definition) is 0. The lowest BCUT2D eigenvalue weighted by molar-refractivity contribution is -0.148. The van der Waals surface area contributed by atoms with Crippen LogP contribution < -0.4 is 4.74 Å². The number of carbonyl (C=O) groups excluding carboxylic acids is 1. The average Bonchev–Trinajstić information content (AvgIpc) is 2.82. The Bertz CT molecular complexity index is 1020. The number of esters is 1. The SMILES string of the molecule is CCC(C)C(=O)OCCOc1ccc(Cc2ccc(-c3ccc(C#N)cc3)cc2)cc1. The first-order valence-corrected chi connectivity index (χ1v) is 10.6. The summed E-state index contributed by atoms with van der Waals surface area (Å²) in [5, 5.41) is 8.92. The molecule has 0 saturated carbocycles. The zero-order valence-electron chi connectivity index (χ0n) is 18.0. The van der Waals surface area contributed by atoms with Gasteiger partial charge in [-0.05, 0) is 59.4 Å². The Morgan fingerprint density at radius 2 is 1.42 bits per heavy atom. The van der Waals surface area contributed by atoms with E-state index in [1.807, 2.05) is 50.2 Å². The summed E-state index contributed by atoms with van der Waals surface area (Å²) in [5.74, 6) is 0.517. The Balaban J connectivity index is 1.49. The van der Waals surface area contributed by atoms with Gasteiger partial charge in [0.15, 0.2) is 0 Å². The van der Waals surface area contributed by atoms with Crippen LogP contribution in [-0.4, -0.2) is 19.2 Å². The van der Waals surface area contributed by atoms with Crippen LogP contribution >= 0.6 is 0 Å². The maximum absolute atomic E-state index is 11.6. The number of rotatable bonds is 9. The Morgan fingerprint density at radius 3 is 1.97 bits per heavy atom. The zero-order valence-corrected chi connectivity index (χ0v) is 18.0. The molecule has 0 bridgehead atoms. The van der Waals surface area contributed by atoms with Gasteiger partial charge in [-0.2, -0.15) is 5.26 Å². The summed E-state index contributed by atoms with van der Waals surface area (Å²) in [5.41, 5.74) is 5.32. The lowest BCUT2D eigenvalue weighted by Gasteiger charge is -2.11. The van der Waals surface area contributed by atoms with Crippen molar-refractivity contribution in [1.29, 1.82) is 5.26 Å². The molecule has 1 atom stereocenters. The first-order chi connectivity index (χ1) is 15.1. The molecule has 31 heavy (non-hydrogen) atoms. The highest BCUT2D eigenvalue weighted by Gasteiger charge is 2.11. The minimum absolute atomic E-state index is 0.0718. The molecule has 0 aromatic heterocycles. The Morgan fingerprint density at radius 1 is 0.871 bits per heavy atom. The molecule has 0 aliphatic rings. The second-order valence-corrected chi connectivity index (χ2v) is 7.53. The van der Waals surface area contributed by atoms with Crippen molar-refractivity contribution < 1.29 is 14.3 Å². The molecule has 0 radical (unpaired) electrons. The first-order valence-electron chi connectivity index (χ1n) is 10.6. The molecule has 3 aromatic carbocycles. The average molecular weight is 414 g/mol. The predicted molar refractivity (Wildman–Crippen MR) is 122 cm³/mol. The van der Waals surface area contributed by atoms with Gasteiger partial charge < -0.3 is 9.47 Å². The van der Waals surface area contributed by atoms with Crippen molar-refractivity contribution in [2.24, 2.45) is 5.92 Å². The van der Waals surface area contributed by atoms with E-state index >= 15 is 0 Å². The molecule has 0 N–H and O–H groups in total. The second-order valence-electron chi connectivity index (χ2n) is 7.53. The molecule has 0 spiro atoms. The van der Waals surface area contributed by atoms with E-state index in [9.17, 15) is 4.79 Å². The van der Waals surface area contributed by atoms with Crippen LogP contribution in [0.3, 0.4) is 0 Å². The van der Waals surface area contributed by atoms with Gasteiger partial charge in [0.05, 0.1) is 17.6 Å². The van der Waals surface area contributed by atoms with Crippen LogP contribution in [0.5, 0.6) is 5.75 Å². The number of benzene rings is 3. The Kier molecular flexibility index (Phi) is 7.84. The maximum Gasteiger partial charge on any atom is 0.308 e. The number of ether oxygens (including phenoxy) is 2. The van der Waals surface area contributed by atoms with Gasteiger partial charge in [0.25, 0.3) is 0 Å². The molecule has 0 aliphatic heterocycles. The quantitative estimate of drug-likeness (QED) is 0.329. The van der Waals surface area contributed by atoms with Gasteiger partial charge in [0, 0.05) is 0 Å². The largest absolute Gasteiger partial charge is 0.490 e. The van der Waals surface area contributed by atoms with E-state index in [4.69, 9.17) is 14.7 Å². The van der Waals surface area contributed by atoms with E-state index in [1.54, 1.807) is 0 Å². The molecule has 3 rings (SSSR count). The standard InChI is InChI=1S/C27H27NO3/c1-3-20(2)27(29)31-17-16-30-26-14-8-22(9-15-26)18-21-4-10-24(11-5-21)25-12-6-23(19-28)7-13-25/h4-15,20H,3,16-18H2,1-2H3. The zero-order chi connectivity index (χ0) is 22.1. The van der Waals surface area contributed by atoms with E-state index in [0.29, 0.717) is 12.2 Å². The number of nitriles is 1. The lowest BCUT2D eigenvalue weighted by atomic mass is 10.00. The van der Waals surface area contributed by atoms with Crippen molar-refractivity contribution >= 4 is 5.97 Å². The van der Waals surface area contributed by atoms with Gasteiger partial charge in [-0.3, -0.25) is 4.79 Å². The summed E-state index contributed by atoms with van der Waals surface area (Å²) < 4.78 is 10.9. The van der Waals surface area contributed by atoms with Crippen molar-refractivity contribution in [2.45, 2.75) is 26.7 Å². The number of carbonyl (C=O) groups is 1. The molecular weight excluding hydrogens is 386 g/mol. The van der Waals surface area contributed by atoms with Crippen LogP contribution in [0.2, 0.25) is 0 Å². The van der Waals surface area contributed by atoms with E-state index in [-0.39, 0.29) is 18.5 Å². The third kappa shape index (κ3) is 6.45. The predicted octanol–water partition coefficient (Wildman–Crippen LogP) is 5.78. The molecule has 4 heteroatoms. The fraction of sp³-hybridized carbons (Fsp3) is 0.259. The summed E-state index contributed by atoms with van der Waals surface area (Å²) >= 11 is 0.